The molecule has 1 aliphatic rings. The van der Waals surface area contributed by atoms with E-state index in [9.17, 15) is 0 Å². The van der Waals surface area contributed by atoms with Gasteiger partial charge in [-0.25, -0.2) is 0 Å². The van der Waals surface area contributed by atoms with E-state index in [0.717, 1.165) is 5.92 Å². The summed E-state index contributed by atoms with van der Waals surface area (Å²) in [6.45, 7) is 4.73. The van der Waals surface area contributed by atoms with Gasteiger partial charge in [-0.15, -0.1) is 0 Å². The van der Waals surface area contributed by atoms with Crippen LogP contribution in [0.1, 0.15) is 13.3 Å². The zero-order valence-electron chi connectivity index (χ0n) is 9.91. The summed E-state index contributed by atoms with van der Waals surface area (Å²) in [5, 5.41) is 3.66. The molecule has 2 unspecified atom stereocenters. The average Bonchev–Trinajstić information content (AvgIpc) is 2.22. The van der Waals surface area contributed by atoms with E-state index in [1.807, 2.05) is 0 Å². The summed E-state index contributed by atoms with van der Waals surface area (Å²) >= 11 is 2.36. The molecule has 0 amide bonds. The van der Waals surface area contributed by atoms with Crippen molar-refractivity contribution in [3.8, 4) is 0 Å². The van der Waals surface area contributed by atoms with Crippen molar-refractivity contribution in [2.75, 3.05) is 25.5 Å². The fraction of sp³-hybridized carbons (Fsp3) is 0.538. The minimum atomic E-state index is 0.620. The van der Waals surface area contributed by atoms with Crippen LogP contribution in [0.4, 0.5) is 5.69 Å². The van der Waals surface area contributed by atoms with Crippen molar-refractivity contribution in [1.82, 2.24) is 4.90 Å². The number of nitrogens with one attached hydrogen (secondary N) is 1. The maximum absolute atomic E-state index is 3.66. The first-order chi connectivity index (χ1) is 7.65. The molecule has 0 aliphatic carbocycles. The Bertz CT molecular complexity index is 354. The van der Waals surface area contributed by atoms with Gasteiger partial charge in [0.15, 0.2) is 0 Å². The number of hydrogen-bond acceptors (Lipinski definition) is 2. The first kappa shape index (κ1) is 12.2. The van der Waals surface area contributed by atoms with E-state index in [4.69, 9.17) is 0 Å². The number of anilines is 1. The Balaban J connectivity index is 1.99. The molecule has 2 rings (SSSR count). The van der Waals surface area contributed by atoms with Gasteiger partial charge in [-0.1, -0.05) is 13.0 Å². The van der Waals surface area contributed by atoms with Gasteiger partial charge in [-0.3, -0.25) is 0 Å². The highest BCUT2D eigenvalue weighted by Gasteiger charge is 2.23. The van der Waals surface area contributed by atoms with Crippen molar-refractivity contribution in [2.24, 2.45) is 5.92 Å². The van der Waals surface area contributed by atoms with E-state index >= 15 is 0 Å². The summed E-state index contributed by atoms with van der Waals surface area (Å²) in [5.41, 5.74) is 1.26. The first-order valence-corrected chi connectivity index (χ1v) is 6.93. The van der Waals surface area contributed by atoms with Crippen molar-refractivity contribution < 1.29 is 0 Å². The Morgan fingerprint density at radius 2 is 2.25 bits per heavy atom. The Morgan fingerprint density at radius 3 is 2.94 bits per heavy atom. The van der Waals surface area contributed by atoms with Crippen LogP contribution in [0.25, 0.3) is 0 Å². The van der Waals surface area contributed by atoms with Crippen LogP contribution in [0.15, 0.2) is 24.3 Å². The summed E-state index contributed by atoms with van der Waals surface area (Å²) in [6.07, 6.45) is 1.24. The Kier molecular flexibility index (Phi) is 4.08. The van der Waals surface area contributed by atoms with Gasteiger partial charge in [0.1, 0.15) is 0 Å². The monoisotopic (exact) mass is 330 g/mol. The fourth-order valence-electron chi connectivity index (χ4n) is 2.36. The van der Waals surface area contributed by atoms with Crippen LogP contribution in [0.3, 0.4) is 0 Å². The molecular formula is C13H19IN2. The molecule has 1 saturated heterocycles. The third-order valence-corrected chi connectivity index (χ3v) is 3.96. The largest absolute Gasteiger partial charge is 0.382 e. The summed E-state index contributed by atoms with van der Waals surface area (Å²) in [6, 6.07) is 9.24. The molecule has 1 fully saturated rings. The fourth-order valence-corrected chi connectivity index (χ4v) is 2.90. The van der Waals surface area contributed by atoms with Crippen LogP contribution < -0.4 is 5.32 Å². The molecule has 0 spiro atoms. The molecule has 2 atom stereocenters. The second-order valence-corrected chi connectivity index (χ2v) is 6.04. The molecule has 1 N–H and O–H groups in total. The summed E-state index contributed by atoms with van der Waals surface area (Å²) in [7, 11) is 2.21. The number of rotatable bonds is 2. The standard InChI is InChI=1S/C13H19IN2/c1-10-9-16(2)7-6-13(10)15-12-5-3-4-11(14)8-12/h3-5,8,10,13,15H,6-7,9H2,1-2H3. The minimum absolute atomic E-state index is 0.620. The number of nitrogens with zero attached hydrogens (tertiary/aromatic N) is 1. The molecule has 1 heterocycles. The first-order valence-electron chi connectivity index (χ1n) is 5.86. The van der Waals surface area contributed by atoms with Crippen molar-refractivity contribution in [3.05, 3.63) is 27.8 Å². The molecule has 0 saturated carbocycles. The summed E-state index contributed by atoms with van der Waals surface area (Å²) < 4.78 is 1.29. The predicted molar refractivity (Wildman–Crippen MR) is 77.8 cm³/mol. The van der Waals surface area contributed by atoms with E-state index in [-0.39, 0.29) is 0 Å². The average molecular weight is 330 g/mol. The van der Waals surface area contributed by atoms with E-state index in [2.05, 4.69) is 71.0 Å². The van der Waals surface area contributed by atoms with Crippen molar-refractivity contribution in [3.63, 3.8) is 0 Å². The lowest BCUT2D eigenvalue weighted by molar-refractivity contribution is 0.206. The lowest BCUT2D eigenvalue weighted by Gasteiger charge is -2.35. The second kappa shape index (κ2) is 5.36. The molecule has 3 heteroatoms. The molecule has 0 bridgehead atoms. The van der Waals surface area contributed by atoms with Crippen LogP contribution in [-0.2, 0) is 0 Å². The molecule has 1 aromatic carbocycles. The third kappa shape index (κ3) is 3.10. The Labute approximate surface area is 112 Å². The van der Waals surface area contributed by atoms with Gasteiger partial charge >= 0.3 is 0 Å². The van der Waals surface area contributed by atoms with Crippen LogP contribution in [0.5, 0.6) is 0 Å². The lowest BCUT2D eigenvalue weighted by atomic mass is 9.94. The summed E-state index contributed by atoms with van der Waals surface area (Å²) in [4.78, 5) is 2.41. The number of piperidine rings is 1. The molecule has 0 aromatic heterocycles. The maximum atomic E-state index is 3.66. The smallest absolute Gasteiger partial charge is 0.0353 e. The predicted octanol–water partition coefficient (Wildman–Crippen LogP) is 3.04. The highest BCUT2D eigenvalue weighted by molar-refractivity contribution is 14.1. The van der Waals surface area contributed by atoms with Crippen LogP contribution in [-0.4, -0.2) is 31.1 Å². The van der Waals surface area contributed by atoms with Gasteiger partial charge in [0.2, 0.25) is 0 Å². The van der Waals surface area contributed by atoms with E-state index in [1.54, 1.807) is 0 Å². The molecule has 0 radical (unpaired) electrons. The second-order valence-electron chi connectivity index (χ2n) is 4.79. The number of benzene rings is 1. The van der Waals surface area contributed by atoms with Crippen molar-refractivity contribution >= 4 is 28.3 Å². The van der Waals surface area contributed by atoms with Crippen LogP contribution in [0.2, 0.25) is 0 Å². The minimum Gasteiger partial charge on any atom is -0.382 e. The zero-order valence-corrected chi connectivity index (χ0v) is 12.1. The van der Waals surface area contributed by atoms with Crippen molar-refractivity contribution in [2.45, 2.75) is 19.4 Å². The molecule has 1 aromatic rings. The van der Waals surface area contributed by atoms with Crippen LogP contribution in [0, 0.1) is 9.49 Å². The number of likely N-dealkylation sites (tertiary alicyclic amines) is 1. The van der Waals surface area contributed by atoms with Crippen LogP contribution >= 0.6 is 22.6 Å². The number of hydrogen-bond donors (Lipinski definition) is 1. The molecule has 88 valence electrons. The van der Waals surface area contributed by atoms with Gasteiger partial charge in [-0.05, 0) is 66.7 Å². The van der Waals surface area contributed by atoms with Gasteiger partial charge in [0, 0.05) is 21.8 Å². The Morgan fingerprint density at radius 1 is 1.44 bits per heavy atom. The van der Waals surface area contributed by atoms with Crippen molar-refractivity contribution in [1.29, 1.82) is 0 Å². The zero-order chi connectivity index (χ0) is 11.5. The lowest BCUT2D eigenvalue weighted by Crippen LogP contribution is -2.43. The molecule has 16 heavy (non-hydrogen) atoms. The third-order valence-electron chi connectivity index (χ3n) is 3.29. The van der Waals surface area contributed by atoms with E-state index < -0.39 is 0 Å². The van der Waals surface area contributed by atoms with Gasteiger partial charge in [0.25, 0.3) is 0 Å². The quantitative estimate of drug-likeness (QED) is 0.839. The topological polar surface area (TPSA) is 15.3 Å². The van der Waals surface area contributed by atoms with E-state index in [1.165, 1.54) is 28.8 Å². The number of halogens is 1. The van der Waals surface area contributed by atoms with Gasteiger partial charge in [0.05, 0.1) is 0 Å². The van der Waals surface area contributed by atoms with E-state index in [0.29, 0.717) is 6.04 Å². The maximum Gasteiger partial charge on any atom is 0.0353 e. The molecular weight excluding hydrogens is 311 g/mol. The molecule has 1 aliphatic heterocycles. The van der Waals surface area contributed by atoms with Gasteiger partial charge < -0.3 is 10.2 Å². The Hall–Kier alpha value is -0.290. The van der Waals surface area contributed by atoms with Gasteiger partial charge in [-0.2, -0.15) is 0 Å². The highest BCUT2D eigenvalue weighted by Crippen LogP contribution is 2.21. The molecule has 2 nitrogen and oxygen atoms in total. The highest BCUT2D eigenvalue weighted by atomic mass is 127. The SMILES string of the molecule is CC1CN(C)CCC1Nc1cccc(I)c1. The normalized spacial score (nSPS) is 26.7. The summed E-state index contributed by atoms with van der Waals surface area (Å²) in [5.74, 6) is 0.719.